The molecule has 1 aliphatic rings. The lowest BCUT2D eigenvalue weighted by atomic mass is 10.1. The lowest BCUT2D eigenvalue weighted by molar-refractivity contribution is 0.594. The SMILES string of the molecule is Fc1cnc(-c2c[nH]c3ncc(Cl)cc23)nc1NC[C@H]1CCNC1. The minimum Gasteiger partial charge on any atom is -0.367 e. The van der Waals surface area contributed by atoms with E-state index in [2.05, 4.69) is 30.6 Å². The largest absolute Gasteiger partial charge is 0.367 e. The van der Waals surface area contributed by atoms with Gasteiger partial charge in [0.2, 0.25) is 0 Å². The van der Waals surface area contributed by atoms with E-state index in [9.17, 15) is 4.39 Å². The highest BCUT2D eigenvalue weighted by Gasteiger charge is 2.17. The summed E-state index contributed by atoms with van der Waals surface area (Å²) in [6.07, 6.45) is 5.60. The maximum Gasteiger partial charge on any atom is 0.183 e. The molecule has 0 aliphatic carbocycles. The first-order valence-electron chi connectivity index (χ1n) is 7.81. The Morgan fingerprint density at radius 3 is 3.08 bits per heavy atom. The fourth-order valence-electron chi connectivity index (χ4n) is 2.91. The summed E-state index contributed by atoms with van der Waals surface area (Å²) in [5.41, 5.74) is 1.43. The summed E-state index contributed by atoms with van der Waals surface area (Å²) in [6, 6.07) is 1.79. The van der Waals surface area contributed by atoms with E-state index in [-0.39, 0.29) is 5.82 Å². The van der Waals surface area contributed by atoms with Crippen molar-refractivity contribution in [3.05, 3.63) is 35.5 Å². The maximum absolute atomic E-state index is 14.0. The van der Waals surface area contributed by atoms with Crippen molar-refractivity contribution in [2.45, 2.75) is 6.42 Å². The summed E-state index contributed by atoms with van der Waals surface area (Å²) in [7, 11) is 0. The predicted octanol–water partition coefficient (Wildman–Crippen LogP) is 2.83. The van der Waals surface area contributed by atoms with E-state index >= 15 is 0 Å². The Balaban J connectivity index is 1.65. The minimum atomic E-state index is -0.458. The van der Waals surface area contributed by atoms with Crippen LogP contribution in [-0.4, -0.2) is 39.6 Å². The Hall–Kier alpha value is -2.25. The predicted molar refractivity (Wildman–Crippen MR) is 91.6 cm³/mol. The average molecular weight is 347 g/mol. The van der Waals surface area contributed by atoms with Crippen LogP contribution in [0.3, 0.4) is 0 Å². The van der Waals surface area contributed by atoms with Crippen LogP contribution < -0.4 is 10.6 Å². The number of aromatic amines is 1. The number of halogens is 2. The first-order valence-corrected chi connectivity index (χ1v) is 8.18. The number of anilines is 1. The van der Waals surface area contributed by atoms with E-state index < -0.39 is 5.82 Å². The zero-order chi connectivity index (χ0) is 16.5. The molecule has 4 rings (SSSR count). The van der Waals surface area contributed by atoms with Gasteiger partial charge in [-0.25, -0.2) is 19.3 Å². The molecule has 24 heavy (non-hydrogen) atoms. The van der Waals surface area contributed by atoms with Gasteiger partial charge in [-0.05, 0) is 31.5 Å². The molecule has 0 saturated carbocycles. The average Bonchev–Trinajstić information content (AvgIpc) is 3.23. The second kappa shape index (κ2) is 6.33. The Morgan fingerprint density at radius 1 is 1.33 bits per heavy atom. The van der Waals surface area contributed by atoms with Crippen molar-refractivity contribution in [2.75, 3.05) is 25.0 Å². The van der Waals surface area contributed by atoms with E-state index in [0.29, 0.717) is 29.0 Å². The Bertz CT molecular complexity index is 874. The highest BCUT2D eigenvalue weighted by molar-refractivity contribution is 6.31. The molecule has 1 aliphatic heterocycles. The van der Waals surface area contributed by atoms with Gasteiger partial charge in [0.25, 0.3) is 0 Å². The van der Waals surface area contributed by atoms with Gasteiger partial charge in [-0.3, -0.25) is 0 Å². The van der Waals surface area contributed by atoms with Crippen molar-refractivity contribution in [3.63, 3.8) is 0 Å². The third kappa shape index (κ3) is 2.92. The van der Waals surface area contributed by atoms with Gasteiger partial charge in [0.15, 0.2) is 17.5 Å². The molecule has 0 unspecified atom stereocenters. The van der Waals surface area contributed by atoms with Crippen LogP contribution in [0, 0.1) is 11.7 Å². The molecule has 1 atom stereocenters. The van der Waals surface area contributed by atoms with Crippen LogP contribution >= 0.6 is 11.6 Å². The summed E-state index contributed by atoms with van der Waals surface area (Å²) in [5.74, 6) is 0.676. The van der Waals surface area contributed by atoms with Crippen molar-refractivity contribution < 1.29 is 4.39 Å². The second-order valence-corrected chi connectivity index (χ2v) is 6.32. The van der Waals surface area contributed by atoms with Crippen molar-refractivity contribution in [1.29, 1.82) is 0 Å². The van der Waals surface area contributed by atoms with E-state index in [4.69, 9.17) is 11.6 Å². The second-order valence-electron chi connectivity index (χ2n) is 5.88. The molecule has 0 radical (unpaired) electrons. The highest BCUT2D eigenvalue weighted by Crippen LogP contribution is 2.28. The molecule has 0 spiro atoms. The van der Waals surface area contributed by atoms with E-state index in [1.54, 1.807) is 18.5 Å². The fourth-order valence-corrected chi connectivity index (χ4v) is 3.07. The van der Waals surface area contributed by atoms with E-state index in [1.807, 2.05) is 0 Å². The fraction of sp³-hybridized carbons (Fsp3) is 0.312. The number of nitrogens with zero attached hydrogens (tertiary/aromatic N) is 3. The molecular formula is C16H16ClFN6. The van der Waals surface area contributed by atoms with Crippen LogP contribution in [0.5, 0.6) is 0 Å². The van der Waals surface area contributed by atoms with E-state index in [0.717, 1.165) is 30.5 Å². The third-order valence-electron chi connectivity index (χ3n) is 4.20. The Kier molecular flexibility index (Phi) is 4.03. The summed E-state index contributed by atoms with van der Waals surface area (Å²) in [6.45, 7) is 2.63. The van der Waals surface area contributed by atoms with Gasteiger partial charge >= 0.3 is 0 Å². The van der Waals surface area contributed by atoms with Crippen LogP contribution in [0.2, 0.25) is 5.02 Å². The number of nitrogens with one attached hydrogen (secondary N) is 3. The molecule has 124 valence electrons. The Labute approximate surface area is 142 Å². The molecule has 3 aromatic rings. The first-order chi connectivity index (χ1) is 11.7. The van der Waals surface area contributed by atoms with Crippen LogP contribution in [0.1, 0.15) is 6.42 Å². The van der Waals surface area contributed by atoms with Gasteiger partial charge in [-0.1, -0.05) is 11.6 Å². The molecule has 0 aromatic carbocycles. The molecule has 8 heteroatoms. The summed E-state index contributed by atoms with van der Waals surface area (Å²) >= 11 is 6.02. The number of hydrogen-bond donors (Lipinski definition) is 3. The number of rotatable bonds is 4. The van der Waals surface area contributed by atoms with Crippen LogP contribution in [-0.2, 0) is 0 Å². The molecule has 4 heterocycles. The molecule has 3 N–H and O–H groups in total. The van der Waals surface area contributed by atoms with Crippen LogP contribution in [0.25, 0.3) is 22.4 Å². The number of hydrogen-bond acceptors (Lipinski definition) is 5. The molecule has 0 bridgehead atoms. The smallest absolute Gasteiger partial charge is 0.183 e. The lowest BCUT2D eigenvalue weighted by Crippen LogP contribution is -2.18. The maximum atomic E-state index is 14.0. The zero-order valence-electron chi connectivity index (χ0n) is 12.8. The van der Waals surface area contributed by atoms with Crippen molar-refractivity contribution in [2.24, 2.45) is 5.92 Å². The number of aromatic nitrogens is 4. The topological polar surface area (TPSA) is 78.5 Å². The normalized spacial score (nSPS) is 17.5. The van der Waals surface area contributed by atoms with Gasteiger partial charge in [0.1, 0.15) is 5.65 Å². The molecule has 1 saturated heterocycles. The number of pyridine rings is 1. The van der Waals surface area contributed by atoms with Gasteiger partial charge in [-0.2, -0.15) is 0 Å². The van der Waals surface area contributed by atoms with Crippen LogP contribution in [0.4, 0.5) is 10.2 Å². The lowest BCUT2D eigenvalue weighted by Gasteiger charge is -2.11. The quantitative estimate of drug-likeness (QED) is 0.677. The van der Waals surface area contributed by atoms with Gasteiger partial charge in [-0.15, -0.1) is 0 Å². The first kappa shape index (κ1) is 15.3. The summed E-state index contributed by atoms with van der Waals surface area (Å²) < 4.78 is 14.0. The van der Waals surface area contributed by atoms with Crippen molar-refractivity contribution in [1.82, 2.24) is 25.3 Å². The summed E-state index contributed by atoms with van der Waals surface area (Å²) in [5, 5.41) is 7.72. The van der Waals surface area contributed by atoms with Gasteiger partial charge in [0.05, 0.1) is 11.2 Å². The van der Waals surface area contributed by atoms with Crippen molar-refractivity contribution >= 4 is 28.5 Å². The number of fused-ring (bicyclic) bond motifs is 1. The minimum absolute atomic E-state index is 0.219. The molecule has 0 amide bonds. The van der Waals surface area contributed by atoms with Crippen molar-refractivity contribution in [3.8, 4) is 11.4 Å². The molecular weight excluding hydrogens is 331 g/mol. The monoisotopic (exact) mass is 346 g/mol. The van der Waals surface area contributed by atoms with Crippen LogP contribution in [0.15, 0.2) is 24.7 Å². The van der Waals surface area contributed by atoms with Gasteiger partial charge in [0, 0.05) is 29.9 Å². The number of H-pyrrole nitrogens is 1. The molecule has 3 aromatic heterocycles. The highest BCUT2D eigenvalue weighted by atomic mass is 35.5. The zero-order valence-corrected chi connectivity index (χ0v) is 13.6. The Morgan fingerprint density at radius 2 is 2.25 bits per heavy atom. The van der Waals surface area contributed by atoms with Gasteiger partial charge < -0.3 is 15.6 Å². The summed E-state index contributed by atoms with van der Waals surface area (Å²) in [4.78, 5) is 15.7. The molecule has 6 nitrogen and oxygen atoms in total. The van der Waals surface area contributed by atoms with E-state index in [1.165, 1.54) is 6.20 Å². The molecule has 1 fully saturated rings. The standard InChI is InChI=1S/C16H16ClFN6/c17-10-3-11-12(7-22-14(11)21-6-10)15-23-8-13(18)16(24-15)20-5-9-1-2-19-4-9/h3,6-9,19H,1-2,4-5H2,(H,21,22)(H,20,23,24)/t9-/m0/s1. The third-order valence-corrected chi connectivity index (χ3v) is 4.41.